The number of rotatable bonds is 5. The molecule has 0 aliphatic carbocycles. The summed E-state index contributed by atoms with van der Waals surface area (Å²) in [7, 11) is -3.70. The topological polar surface area (TPSA) is 78.0 Å². The van der Waals surface area contributed by atoms with E-state index in [1.807, 2.05) is 0 Å². The number of sulfone groups is 1. The van der Waals surface area contributed by atoms with Crippen LogP contribution in [0.1, 0.15) is 30.0 Å². The van der Waals surface area contributed by atoms with Crippen LogP contribution in [0.3, 0.4) is 0 Å². The van der Waals surface area contributed by atoms with Crippen LogP contribution < -0.4 is 9.80 Å². The quantitative estimate of drug-likeness (QED) is 0.572. The van der Waals surface area contributed by atoms with E-state index in [9.17, 15) is 18.0 Å². The minimum Gasteiger partial charge on any atom is -0.368 e. The summed E-state index contributed by atoms with van der Waals surface area (Å²) in [4.78, 5) is 30.5. The molecule has 0 spiro atoms. The molecule has 0 aromatic heterocycles. The second-order valence-corrected chi connectivity index (χ2v) is 12.0. The summed E-state index contributed by atoms with van der Waals surface area (Å²) in [5, 5.41) is 0. The van der Waals surface area contributed by atoms with E-state index < -0.39 is 9.84 Å². The second kappa shape index (κ2) is 9.70. The van der Waals surface area contributed by atoms with Crippen molar-refractivity contribution in [3.05, 3.63) is 51.5 Å². The van der Waals surface area contributed by atoms with Crippen LogP contribution in [0, 0.1) is 13.8 Å². The lowest BCUT2D eigenvalue weighted by atomic mass is 10.1. The largest absolute Gasteiger partial charge is 0.368 e. The SMILES string of the molecule is CC(=O)N1CCc2cc(Br)c(S(=O)(=O)CCC(=O)N3CCN(c4cc(C)ccc4C)CC3)cc21. The van der Waals surface area contributed by atoms with E-state index in [0.717, 1.165) is 18.7 Å². The molecule has 4 rings (SSSR count). The minimum atomic E-state index is -3.70. The molecule has 34 heavy (non-hydrogen) atoms. The molecule has 0 saturated carbocycles. The van der Waals surface area contributed by atoms with Gasteiger partial charge in [-0.25, -0.2) is 8.42 Å². The number of hydrogen-bond donors (Lipinski definition) is 0. The van der Waals surface area contributed by atoms with Gasteiger partial charge in [0.2, 0.25) is 11.8 Å². The molecule has 2 aromatic carbocycles. The van der Waals surface area contributed by atoms with Crippen molar-refractivity contribution < 1.29 is 18.0 Å². The van der Waals surface area contributed by atoms with Gasteiger partial charge in [-0.05, 0) is 71.1 Å². The van der Waals surface area contributed by atoms with Crippen LogP contribution in [0.4, 0.5) is 11.4 Å². The summed E-state index contributed by atoms with van der Waals surface area (Å²) in [6, 6.07) is 9.72. The lowest BCUT2D eigenvalue weighted by Gasteiger charge is -2.37. The van der Waals surface area contributed by atoms with Gasteiger partial charge in [0.15, 0.2) is 9.84 Å². The molecule has 7 nitrogen and oxygen atoms in total. The molecule has 0 unspecified atom stereocenters. The third-order valence-electron chi connectivity index (χ3n) is 6.67. The molecular formula is C25H30BrN3O4S. The van der Waals surface area contributed by atoms with E-state index in [1.165, 1.54) is 23.7 Å². The zero-order chi connectivity index (χ0) is 24.6. The van der Waals surface area contributed by atoms with Crippen molar-refractivity contribution in [1.29, 1.82) is 0 Å². The molecule has 1 saturated heterocycles. The van der Waals surface area contributed by atoms with Gasteiger partial charge in [0.05, 0.1) is 10.6 Å². The highest BCUT2D eigenvalue weighted by Crippen LogP contribution is 2.36. The van der Waals surface area contributed by atoms with Gasteiger partial charge in [-0.3, -0.25) is 9.59 Å². The van der Waals surface area contributed by atoms with E-state index >= 15 is 0 Å². The summed E-state index contributed by atoms with van der Waals surface area (Å²) >= 11 is 3.38. The predicted molar refractivity (Wildman–Crippen MR) is 137 cm³/mol. The Bertz CT molecular complexity index is 1240. The third kappa shape index (κ3) is 5.00. The minimum absolute atomic E-state index is 0.0637. The van der Waals surface area contributed by atoms with Crippen LogP contribution in [-0.4, -0.2) is 63.6 Å². The van der Waals surface area contributed by atoms with Crippen LogP contribution in [0.5, 0.6) is 0 Å². The molecule has 2 heterocycles. The number of halogens is 1. The number of anilines is 2. The van der Waals surface area contributed by atoms with Gasteiger partial charge >= 0.3 is 0 Å². The Morgan fingerprint density at radius 1 is 0.971 bits per heavy atom. The van der Waals surface area contributed by atoms with Crippen LogP contribution >= 0.6 is 15.9 Å². The number of hydrogen-bond acceptors (Lipinski definition) is 5. The van der Waals surface area contributed by atoms with Gasteiger partial charge in [-0.1, -0.05) is 12.1 Å². The van der Waals surface area contributed by atoms with Crippen molar-refractivity contribution in [3.8, 4) is 0 Å². The lowest BCUT2D eigenvalue weighted by molar-refractivity contribution is -0.131. The van der Waals surface area contributed by atoms with Crippen molar-refractivity contribution in [2.45, 2.75) is 38.5 Å². The maximum Gasteiger partial charge on any atom is 0.223 e. The number of benzene rings is 2. The first-order valence-electron chi connectivity index (χ1n) is 11.5. The van der Waals surface area contributed by atoms with Crippen molar-refractivity contribution >= 4 is 49.0 Å². The van der Waals surface area contributed by atoms with Crippen molar-refractivity contribution in [1.82, 2.24) is 4.90 Å². The first-order valence-corrected chi connectivity index (χ1v) is 13.9. The molecule has 0 N–H and O–H groups in total. The summed E-state index contributed by atoms with van der Waals surface area (Å²) in [5.41, 5.74) is 5.19. The average molecular weight is 549 g/mol. The maximum absolute atomic E-state index is 13.1. The Balaban J connectivity index is 1.39. The van der Waals surface area contributed by atoms with E-state index in [1.54, 1.807) is 21.9 Å². The zero-order valence-corrected chi connectivity index (χ0v) is 22.2. The van der Waals surface area contributed by atoms with Crippen LogP contribution in [-0.2, 0) is 25.8 Å². The van der Waals surface area contributed by atoms with Crippen LogP contribution in [0.2, 0.25) is 0 Å². The molecular weight excluding hydrogens is 518 g/mol. The van der Waals surface area contributed by atoms with E-state index in [-0.39, 0.29) is 28.9 Å². The Hall–Kier alpha value is -2.39. The van der Waals surface area contributed by atoms with Gasteiger partial charge in [0.1, 0.15) is 0 Å². The van der Waals surface area contributed by atoms with E-state index in [4.69, 9.17) is 0 Å². The smallest absolute Gasteiger partial charge is 0.223 e. The number of amides is 2. The predicted octanol–water partition coefficient (Wildman–Crippen LogP) is 3.49. The molecule has 0 radical (unpaired) electrons. The molecule has 0 bridgehead atoms. The van der Waals surface area contributed by atoms with E-state index in [0.29, 0.717) is 36.2 Å². The molecule has 1 fully saturated rings. The number of carbonyl (C=O) groups excluding carboxylic acids is 2. The van der Waals surface area contributed by atoms with E-state index in [2.05, 4.69) is 52.9 Å². The van der Waals surface area contributed by atoms with Crippen LogP contribution in [0.25, 0.3) is 0 Å². The maximum atomic E-state index is 13.1. The van der Waals surface area contributed by atoms with Gasteiger partial charge in [-0.15, -0.1) is 0 Å². The summed E-state index contributed by atoms with van der Waals surface area (Å²) in [6.07, 6.45) is 0.631. The normalized spacial score (nSPS) is 16.1. The number of carbonyl (C=O) groups is 2. The molecule has 2 aliphatic heterocycles. The third-order valence-corrected chi connectivity index (χ3v) is 9.33. The summed E-state index contributed by atoms with van der Waals surface area (Å²) in [5.74, 6) is -0.521. The van der Waals surface area contributed by atoms with Gasteiger partial charge in [-0.2, -0.15) is 0 Å². The van der Waals surface area contributed by atoms with Gasteiger partial charge in [0, 0.05) is 61.9 Å². The van der Waals surface area contributed by atoms with Gasteiger partial charge < -0.3 is 14.7 Å². The van der Waals surface area contributed by atoms with Crippen molar-refractivity contribution in [2.75, 3.05) is 48.3 Å². The van der Waals surface area contributed by atoms with Crippen LogP contribution in [0.15, 0.2) is 39.7 Å². The molecule has 2 aromatic rings. The fourth-order valence-electron chi connectivity index (χ4n) is 4.70. The number of piperazine rings is 1. The highest BCUT2D eigenvalue weighted by atomic mass is 79.9. The Morgan fingerprint density at radius 3 is 2.35 bits per heavy atom. The second-order valence-electron chi connectivity index (χ2n) is 9.06. The Kier molecular flexibility index (Phi) is 7.05. The first kappa shape index (κ1) is 24.7. The highest BCUT2D eigenvalue weighted by Gasteiger charge is 2.29. The molecule has 2 aliphatic rings. The molecule has 0 atom stereocenters. The molecule has 9 heteroatoms. The number of aryl methyl sites for hydroxylation is 2. The first-order chi connectivity index (χ1) is 16.1. The van der Waals surface area contributed by atoms with Crippen molar-refractivity contribution in [3.63, 3.8) is 0 Å². The fraction of sp³-hybridized carbons (Fsp3) is 0.440. The average Bonchev–Trinajstić information content (AvgIpc) is 3.21. The standard InChI is InChI=1S/C25H30BrN3O4S/c1-17-4-5-18(2)22(14-17)27-9-11-28(12-10-27)25(31)7-13-34(32,33)24-16-23-20(15-21(24)26)6-8-29(23)19(3)30/h4-5,14-16H,6-13H2,1-3H3. The Morgan fingerprint density at radius 2 is 1.68 bits per heavy atom. The monoisotopic (exact) mass is 547 g/mol. The molecule has 2 amide bonds. The summed E-state index contributed by atoms with van der Waals surface area (Å²) < 4.78 is 26.7. The number of fused-ring (bicyclic) bond motifs is 1. The lowest BCUT2D eigenvalue weighted by Crippen LogP contribution is -2.49. The zero-order valence-electron chi connectivity index (χ0n) is 19.8. The van der Waals surface area contributed by atoms with Gasteiger partial charge in [0.25, 0.3) is 0 Å². The van der Waals surface area contributed by atoms with Crippen molar-refractivity contribution in [2.24, 2.45) is 0 Å². The molecule has 182 valence electrons. The number of nitrogens with zero attached hydrogens (tertiary/aromatic N) is 3. The Labute approximate surface area is 209 Å². The summed E-state index contributed by atoms with van der Waals surface area (Å²) in [6.45, 7) is 8.77. The fourth-order valence-corrected chi connectivity index (χ4v) is 7.14. The highest BCUT2D eigenvalue weighted by molar-refractivity contribution is 9.10.